The fraction of sp³-hybridized carbons (Fsp3) is 0. The number of rotatable bonds is 1. The van der Waals surface area contributed by atoms with Crippen molar-refractivity contribution < 1.29 is 4.85 Å². The number of benzene rings is 2. The number of anilines is 1. The van der Waals surface area contributed by atoms with E-state index in [1.807, 2.05) is 12.1 Å². The van der Waals surface area contributed by atoms with E-state index in [-0.39, 0.29) is 0 Å². The molecule has 1 aromatic heterocycles. The average molecular weight is 226 g/mol. The second-order valence-electron chi connectivity index (χ2n) is 3.74. The van der Waals surface area contributed by atoms with Gasteiger partial charge in [0.1, 0.15) is 5.69 Å². The van der Waals surface area contributed by atoms with Gasteiger partial charge in [-0.1, -0.05) is 12.1 Å². The van der Waals surface area contributed by atoms with E-state index in [0.29, 0.717) is 22.4 Å². The van der Waals surface area contributed by atoms with Crippen LogP contribution in [0, 0.1) is 5.21 Å². The maximum atomic E-state index is 12.0. The number of hydrogen-bond donors (Lipinski definition) is 1. The van der Waals surface area contributed by atoms with Crippen molar-refractivity contribution in [1.29, 1.82) is 0 Å². The van der Waals surface area contributed by atoms with Crippen molar-refractivity contribution in [1.82, 2.24) is 9.90 Å². The number of fused-ring (bicyclic) bond motifs is 1. The van der Waals surface area contributed by atoms with Gasteiger partial charge < -0.3 is 10.9 Å². The quantitative estimate of drug-likeness (QED) is 0.385. The minimum absolute atomic E-state index is 0.546. The molecule has 0 radical (unpaired) electrons. The van der Waals surface area contributed by atoms with Crippen molar-refractivity contribution in [2.75, 3.05) is 5.73 Å². The Bertz CT molecular complexity index is 673. The van der Waals surface area contributed by atoms with Crippen LogP contribution in [0.25, 0.3) is 16.7 Å². The summed E-state index contributed by atoms with van der Waals surface area (Å²) in [6, 6.07) is 14.2. The minimum atomic E-state index is 0.546. The van der Waals surface area contributed by atoms with Gasteiger partial charge in [-0.15, -0.1) is 4.85 Å². The molecular formula is C12H10N4O. The predicted octanol–water partition coefficient (Wildman–Crippen LogP) is 1.24. The van der Waals surface area contributed by atoms with Gasteiger partial charge in [0.25, 0.3) is 0 Å². The van der Waals surface area contributed by atoms with E-state index < -0.39 is 0 Å². The van der Waals surface area contributed by atoms with Crippen molar-refractivity contribution in [2.45, 2.75) is 0 Å². The van der Waals surface area contributed by atoms with Crippen molar-refractivity contribution >= 4 is 16.7 Å². The zero-order chi connectivity index (χ0) is 11.8. The monoisotopic (exact) mass is 226 g/mol. The zero-order valence-electron chi connectivity index (χ0n) is 8.95. The highest BCUT2D eigenvalue weighted by Gasteiger charge is 2.14. The van der Waals surface area contributed by atoms with E-state index in [2.05, 4.69) is 5.10 Å². The smallest absolute Gasteiger partial charge is 0.250 e. The molecule has 0 aliphatic rings. The largest absolute Gasteiger partial charge is 0.692 e. The molecular weight excluding hydrogens is 216 g/mol. The number of aromatic nitrogens is 3. The van der Waals surface area contributed by atoms with Gasteiger partial charge in [0.2, 0.25) is 11.0 Å². The van der Waals surface area contributed by atoms with Gasteiger partial charge in [-0.3, -0.25) is 0 Å². The zero-order valence-corrected chi connectivity index (χ0v) is 8.95. The number of para-hydroxylation sites is 1. The Morgan fingerprint density at radius 1 is 1.06 bits per heavy atom. The average Bonchev–Trinajstić information content (AvgIpc) is 2.69. The molecule has 5 heteroatoms. The topological polar surface area (TPSA) is 70.8 Å². The summed E-state index contributed by atoms with van der Waals surface area (Å²) in [4.78, 5) is 2.07. The van der Waals surface area contributed by atoms with Crippen molar-refractivity contribution in [3.8, 4) is 5.69 Å². The Kier molecular flexibility index (Phi) is 1.98. The first-order valence-corrected chi connectivity index (χ1v) is 5.19. The van der Waals surface area contributed by atoms with Crippen LogP contribution >= 0.6 is 0 Å². The third kappa shape index (κ3) is 1.48. The summed E-state index contributed by atoms with van der Waals surface area (Å²) in [6.45, 7) is 0. The van der Waals surface area contributed by atoms with E-state index in [9.17, 15) is 5.21 Å². The first kappa shape index (κ1) is 9.65. The molecule has 0 bridgehead atoms. The Hall–Kier alpha value is -2.56. The van der Waals surface area contributed by atoms with Crippen LogP contribution in [0.3, 0.4) is 0 Å². The first-order valence-electron chi connectivity index (χ1n) is 5.19. The summed E-state index contributed by atoms with van der Waals surface area (Å²) in [7, 11) is 0. The molecule has 0 saturated heterocycles. The van der Waals surface area contributed by atoms with Gasteiger partial charge in [-0.05, 0) is 41.2 Å². The highest BCUT2D eigenvalue weighted by atomic mass is 16.5. The van der Waals surface area contributed by atoms with E-state index in [1.54, 1.807) is 36.4 Å². The molecule has 0 saturated carbocycles. The fourth-order valence-electron chi connectivity index (χ4n) is 1.73. The molecule has 0 atom stereocenters. The summed E-state index contributed by atoms with van der Waals surface area (Å²) in [5, 5.41) is 16.2. The van der Waals surface area contributed by atoms with Crippen molar-refractivity contribution in [2.24, 2.45) is 0 Å². The highest BCUT2D eigenvalue weighted by Crippen LogP contribution is 2.11. The second kappa shape index (κ2) is 3.48. The van der Waals surface area contributed by atoms with Gasteiger partial charge in [0, 0.05) is 5.69 Å². The van der Waals surface area contributed by atoms with E-state index in [1.165, 1.54) is 4.80 Å². The number of nitrogens with two attached hydrogens (primary N) is 1. The lowest BCUT2D eigenvalue weighted by atomic mass is 10.3. The maximum Gasteiger partial charge on any atom is 0.250 e. The second-order valence-corrected chi connectivity index (χ2v) is 3.74. The van der Waals surface area contributed by atoms with Crippen LogP contribution in [0.1, 0.15) is 0 Å². The third-order valence-electron chi connectivity index (χ3n) is 2.59. The molecule has 3 rings (SSSR count). The molecule has 84 valence electrons. The molecule has 0 spiro atoms. The summed E-state index contributed by atoms with van der Waals surface area (Å²) in [5.41, 5.74) is 8.16. The molecule has 17 heavy (non-hydrogen) atoms. The van der Waals surface area contributed by atoms with Crippen LogP contribution in [0.4, 0.5) is 5.69 Å². The number of hydrogen-bond acceptors (Lipinski definition) is 3. The molecule has 5 nitrogen and oxygen atoms in total. The SMILES string of the molecule is Nc1ccc(-n2nc3ccccc3[n+]2[O-])cc1. The van der Waals surface area contributed by atoms with Crippen LogP contribution in [0.15, 0.2) is 48.5 Å². The molecule has 2 aromatic carbocycles. The molecule has 0 unspecified atom stereocenters. The molecule has 2 N–H and O–H groups in total. The standard InChI is InChI=1S/C12H10N4O/c13-9-5-7-10(8-6-9)15-14-11-3-1-2-4-12(11)16(15)17/h1-8H,13H2. The molecule has 1 heterocycles. The molecule has 0 amide bonds. The Balaban J connectivity index is 2.24. The van der Waals surface area contributed by atoms with Crippen LogP contribution in [0.5, 0.6) is 0 Å². The summed E-state index contributed by atoms with van der Waals surface area (Å²) in [6.07, 6.45) is 0. The third-order valence-corrected chi connectivity index (χ3v) is 2.59. The first-order chi connectivity index (χ1) is 8.25. The minimum Gasteiger partial charge on any atom is -0.692 e. The summed E-state index contributed by atoms with van der Waals surface area (Å²) in [5.74, 6) is 0. The van der Waals surface area contributed by atoms with Crippen molar-refractivity contribution in [3.05, 3.63) is 53.7 Å². The van der Waals surface area contributed by atoms with Crippen LogP contribution < -0.4 is 10.6 Å². The summed E-state index contributed by atoms with van der Waals surface area (Å²) >= 11 is 0. The number of nitrogens with zero attached hydrogens (tertiary/aromatic N) is 3. The van der Waals surface area contributed by atoms with Gasteiger partial charge in [-0.25, -0.2) is 0 Å². The van der Waals surface area contributed by atoms with Gasteiger partial charge in [0.05, 0.1) is 5.10 Å². The normalized spacial score (nSPS) is 10.8. The lowest BCUT2D eigenvalue weighted by Gasteiger charge is -2.03. The number of nitrogen functional groups attached to an aromatic ring is 1. The molecule has 0 aliphatic carbocycles. The molecule has 0 aliphatic heterocycles. The lowest BCUT2D eigenvalue weighted by Crippen LogP contribution is -2.37. The van der Waals surface area contributed by atoms with E-state index >= 15 is 0 Å². The highest BCUT2D eigenvalue weighted by molar-refractivity contribution is 5.70. The van der Waals surface area contributed by atoms with Crippen molar-refractivity contribution in [3.63, 3.8) is 0 Å². The predicted molar refractivity (Wildman–Crippen MR) is 64.4 cm³/mol. The van der Waals surface area contributed by atoms with Crippen LogP contribution in [-0.2, 0) is 0 Å². The van der Waals surface area contributed by atoms with E-state index in [4.69, 9.17) is 5.73 Å². The van der Waals surface area contributed by atoms with Gasteiger partial charge in [0.15, 0.2) is 0 Å². The molecule has 0 fully saturated rings. The Morgan fingerprint density at radius 2 is 1.76 bits per heavy atom. The van der Waals surface area contributed by atoms with Crippen LogP contribution in [0.2, 0.25) is 0 Å². The van der Waals surface area contributed by atoms with E-state index in [0.717, 1.165) is 4.85 Å². The molecule has 3 aromatic rings. The summed E-state index contributed by atoms with van der Waals surface area (Å²) < 4.78 is 0. The van der Waals surface area contributed by atoms with Gasteiger partial charge >= 0.3 is 0 Å². The lowest BCUT2D eigenvalue weighted by molar-refractivity contribution is -0.664. The maximum absolute atomic E-state index is 12.0. The Labute approximate surface area is 97.3 Å². The fourth-order valence-corrected chi connectivity index (χ4v) is 1.73. The van der Waals surface area contributed by atoms with Crippen LogP contribution in [-0.4, -0.2) is 9.90 Å². The Morgan fingerprint density at radius 3 is 2.47 bits per heavy atom. The van der Waals surface area contributed by atoms with Gasteiger partial charge in [-0.2, -0.15) is 0 Å².